The minimum absolute atomic E-state index is 0.288. The minimum Gasteiger partial charge on any atom is -0.327 e. The molecular weight excluding hydrogens is 168 g/mol. The van der Waals surface area contributed by atoms with Gasteiger partial charge in [-0.05, 0) is 13.3 Å². The van der Waals surface area contributed by atoms with Gasteiger partial charge >= 0.3 is 0 Å². The highest BCUT2D eigenvalue weighted by Gasteiger charge is 2.06. The van der Waals surface area contributed by atoms with E-state index in [9.17, 15) is 0 Å². The second-order valence-corrected chi connectivity index (χ2v) is 4.17. The van der Waals surface area contributed by atoms with Crippen LogP contribution in [0.1, 0.15) is 30.3 Å². The van der Waals surface area contributed by atoms with E-state index in [0.29, 0.717) is 0 Å². The highest BCUT2D eigenvalue weighted by atomic mass is 32.1. The number of nitrogens with zero attached hydrogens (tertiary/aromatic N) is 1. The van der Waals surface area contributed by atoms with E-state index in [1.165, 1.54) is 10.6 Å². The maximum absolute atomic E-state index is 5.91. The van der Waals surface area contributed by atoms with Crippen molar-refractivity contribution in [3.8, 4) is 0 Å². The molecule has 0 aromatic carbocycles. The molecule has 0 saturated carbocycles. The predicted octanol–water partition coefficient (Wildman–Crippen LogP) is 2.12. The summed E-state index contributed by atoms with van der Waals surface area (Å²) in [5, 5.41) is 0. The average molecular weight is 184 g/mol. The number of aromatic nitrogens is 1. The van der Waals surface area contributed by atoms with Gasteiger partial charge in [-0.25, -0.2) is 4.98 Å². The van der Waals surface area contributed by atoms with Gasteiger partial charge in [0.05, 0.1) is 11.2 Å². The van der Waals surface area contributed by atoms with E-state index in [0.717, 1.165) is 19.3 Å². The summed E-state index contributed by atoms with van der Waals surface area (Å²) in [5.74, 6) is 0. The number of hydrogen-bond acceptors (Lipinski definition) is 3. The molecule has 1 aromatic heterocycles. The number of nitrogens with two attached hydrogens (primary N) is 1. The van der Waals surface area contributed by atoms with Gasteiger partial charge in [0.15, 0.2) is 0 Å². The number of aryl methyl sites for hydroxylation is 1. The molecule has 2 N–H and O–H groups in total. The Bertz CT molecular complexity index is 232. The lowest BCUT2D eigenvalue weighted by Gasteiger charge is -2.07. The molecule has 0 aliphatic rings. The van der Waals surface area contributed by atoms with Crippen LogP contribution in [0.5, 0.6) is 0 Å². The van der Waals surface area contributed by atoms with Crippen LogP contribution in [-0.2, 0) is 6.42 Å². The molecule has 0 fully saturated rings. The first-order valence-electron chi connectivity index (χ1n) is 4.38. The van der Waals surface area contributed by atoms with Gasteiger partial charge in [-0.1, -0.05) is 13.3 Å². The number of thiazole rings is 1. The van der Waals surface area contributed by atoms with E-state index >= 15 is 0 Å². The molecule has 1 aromatic rings. The fourth-order valence-electron chi connectivity index (χ4n) is 1.25. The van der Waals surface area contributed by atoms with Crippen molar-refractivity contribution in [3.05, 3.63) is 16.1 Å². The molecule has 0 aliphatic carbocycles. The molecule has 0 bridgehead atoms. The maximum atomic E-state index is 5.91. The molecule has 1 atom stereocenters. The van der Waals surface area contributed by atoms with Gasteiger partial charge in [-0.2, -0.15) is 0 Å². The highest BCUT2D eigenvalue weighted by Crippen LogP contribution is 2.13. The molecule has 0 amide bonds. The zero-order valence-corrected chi connectivity index (χ0v) is 8.53. The lowest BCUT2D eigenvalue weighted by molar-refractivity contribution is 0.593. The Morgan fingerprint density at radius 2 is 2.42 bits per heavy atom. The van der Waals surface area contributed by atoms with Crippen molar-refractivity contribution >= 4 is 11.3 Å². The van der Waals surface area contributed by atoms with Gasteiger partial charge in [-0.3, -0.25) is 0 Å². The molecule has 2 nitrogen and oxygen atoms in total. The summed E-state index contributed by atoms with van der Waals surface area (Å²) in [7, 11) is 0. The number of rotatable bonds is 4. The summed E-state index contributed by atoms with van der Waals surface area (Å²) >= 11 is 1.70. The average Bonchev–Trinajstić information content (AvgIpc) is 2.37. The normalized spacial score (nSPS) is 13.2. The first-order chi connectivity index (χ1) is 5.74. The van der Waals surface area contributed by atoms with Crippen LogP contribution in [0, 0.1) is 6.92 Å². The van der Waals surface area contributed by atoms with E-state index in [1.54, 1.807) is 11.3 Å². The zero-order valence-electron chi connectivity index (χ0n) is 7.71. The van der Waals surface area contributed by atoms with Crippen molar-refractivity contribution in [2.24, 2.45) is 5.73 Å². The van der Waals surface area contributed by atoms with Crippen LogP contribution in [0.25, 0.3) is 0 Å². The van der Waals surface area contributed by atoms with Crippen molar-refractivity contribution < 1.29 is 0 Å². The Hall–Kier alpha value is -0.410. The van der Waals surface area contributed by atoms with E-state index in [2.05, 4.69) is 18.8 Å². The van der Waals surface area contributed by atoms with Crippen LogP contribution < -0.4 is 5.73 Å². The van der Waals surface area contributed by atoms with Gasteiger partial charge in [0, 0.05) is 17.3 Å². The summed E-state index contributed by atoms with van der Waals surface area (Å²) in [5.41, 5.74) is 8.98. The summed E-state index contributed by atoms with van der Waals surface area (Å²) in [6, 6.07) is 0.288. The van der Waals surface area contributed by atoms with Crippen molar-refractivity contribution in [2.75, 3.05) is 0 Å². The Labute approximate surface area is 77.8 Å². The van der Waals surface area contributed by atoms with Gasteiger partial charge in [-0.15, -0.1) is 11.3 Å². The van der Waals surface area contributed by atoms with Gasteiger partial charge in [0.25, 0.3) is 0 Å². The van der Waals surface area contributed by atoms with Gasteiger partial charge in [0.1, 0.15) is 0 Å². The van der Waals surface area contributed by atoms with Crippen LogP contribution in [0.15, 0.2) is 5.51 Å². The van der Waals surface area contributed by atoms with E-state index in [4.69, 9.17) is 5.73 Å². The van der Waals surface area contributed by atoms with Crippen LogP contribution in [-0.4, -0.2) is 11.0 Å². The lowest BCUT2D eigenvalue weighted by Crippen LogP contribution is -2.22. The molecule has 68 valence electrons. The Balaban J connectivity index is 2.46. The second kappa shape index (κ2) is 4.58. The van der Waals surface area contributed by atoms with Crippen LogP contribution in [0.2, 0.25) is 0 Å². The summed E-state index contributed by atoms with van der Waals surface area (Å²) in [6.45, 7) is 4.26. The third-order valence-corrected chi connectivity index (χ3v) is 2.76. The molecule has 3 heteroatoms. The van der Waals surface area contributed by atoms with Crippen molar-refractivity contribution in [3.63, 3.8) is 0 Å². The third kappa shape index (κ3) is 2.57. The van der Waals surface area contributed by atoms with Crippen molar-refractivity contribution in [1.82, 2.24) is 4.98 Å². The molecule has 1 rings (SSSR count). The molecule has 0 radical (unpaired) electrons. The summed E-state index contributed by atoms with van der Waals surface area (Å²) in [4.78, 5) is 5.58. The van der Waals surface area contributed by atoms with Gasteiger partial charge in [0.2, 0.25) is 0 Å². The molecule has 0 aliphatic heterocycles. The first-order valence-corrected chi connectivity index (χ1v) is 5.26. The van der Waals surface area contributed by atoms with E-state index in [-0.39, 0.29) is 6.04 Å². The van der Waals surface area contributed by atoms with Crippen molar-refractivity contribution in [1.29, 1.82) is 0 Å². The third-order valence-electron chi connectivity index (χ3n) is 1.96. The topological polar surface area (TPSA) is 38.9 Å². The quantitative estimate of drug-likeness (QED) is 0.778. The maximum Gasteiger partial charge on any atom is 0.0797 e. The monoisotopic (exact) mass is 184 g/mol. The smallest absolute Gasteiger partial charge is 0.0797 e. The van der Waals surface area contributed by atoms with Crippen LogP contribution >= 0.6 is 11.3 Å². The Morgan fingerprint density at radius 3 is 2.92 bits per heavy atom. The van der Waals surface area contributed by atoms with Crippen LogP contribution in [0.4, 0.5) is 0 Å². The fourth-order valence-corrected chi connectivity index (χ4v) is 1.86. The predicted molar refractivity (Wildman–Crippen MR) is 53.4 cm³/mol. The molecule has 12 heavy (non-hydrogen) atoms. The van der Waals surface area contributed by atoms with Crippen molar-refractivity contribution in [2.45, 2.75) is 39.2 Å². The highest BCUT2D eigenvalue weighted by molar-refractivity contribution is 7.09. The SMILES string of the molecule is CCCC(N)Cc1ncsc1C. The molecule has 0 saturated heterocycles. The van der Waals surface area contributed by atoms with Gasteiger partial charge < -0.3 is 5.73 Å². The Morgan fingerprint density at radius 1 is 1.67 bits per heavy atom. The summed E-state index contributed by atoms with van der Waals surface area (Å²) in [6.07, 6.45) is 3.19. The first kappa shape index (κ1) is 9.68. The molecule has 1 heterocycles. The minimum atomic E-state index is 0.288. The molecule has 1 unspecified atom stereocenters. The second-order valence-electron chi connectivity index (χ2n) is 3.11. The lowest BCUT2D eigenvalue weighted by atomic mass is 10.1. The fraction of sp³-hybridized carbons (Fsp3) is 0.667. The van der Waals surface area contributed by atoms with Crippen LogP contribution in [0.3, 0.4) is 0 Å². The summed E-state index contributed by atoms with van der Waals surface area (Å²) < 4.78 is 0. The number of hydrogen-bond donors (Lipinski definition) is 1. The largest absolute Gasteiger partial charge is 0.327 e. The zero-order chi connectivity index (χ0) is 8.97. The molecular formula is C9H16N2S. The van der Waals surface area contributed by atoms with E-state index < -0.39 is 0 Å². The molecule has 0 spiro atoms. The standard InChI is InChI=1S/C9H16N2S/c1-3-4-8(10)5-9-7(2)12-6-11-9/h6,8H,3-5,10H2,1-2H3. The Kier molecular flexibility index (Phi) is 3.69. The van der Waals surface area contributed by atoms with E-state index in [1.807, 2.05) is 5.51 Å².